The highest BCUT2D eigenvalue weighted by Gasteiger charge is 2.49. The Balaban J connectivity index is 2.24. The number of thioether (sulfide) groups is 1. The van der Waals surface area contributed by atoms with Gasteiger partial charge < -0.3 is 24.6 Å². The van der Waals surface area contributed by atoms with Crippen molar-refractivity contribution < 1.29 is 38.5 Å². The molecule has 0 saturated carbocycles. The predicted molar refractivity (Wildman–Crippen MR) is 179 cm³/mol. The van der Waals surface area contributed by atoms with Gasteiger partial charge in [-0.05, 0) is 70.4 Å². The lowest BCUT2D eigenvalue weighted by molar-refractivity contribution is -0.149. The molecule has 3 unspecified atom stereocenters. The normalized spacial score (nSPS) is 14.4. The topological polar surface area (TPSA) is 152 Å². The molecule has 2 aromatic carbocycles. The largest absolute Gasteiger partial charge is 0.461 e. The van der Waals surface area contributed by atoms with Crippen molar-refractivity contribution in [3.63, 3.8) is 0 Å². The highest BCUT2D eigenvalue weighted by Crippen LogP contribution is 2.46. The summed E-state index contributed by atoms with van der Waals surface area (Å²) >= 11 is 6.78. The number of nitrogens with zero attached hydrogens (tertiary/aromatic N) is 1. The van der Waals surface area contributed by atoms with E-state index in [-0.39, 0.29) is 44.6 Å². The Kier molecular flexibility index (Phi) is 14.4. The molecule has 0 fully saturated rings. The third-order valence-corrected chi connectivity index (χ3v) is 8.56. The second-order valence-electron chi connectivity index (χ2n) is 12.1. The summed E-state index contributed by atoms with van der Waals surface area (Å²) in [6.45, 7) is 9.44. The minimum absolute atomic E-state index is 0.00385. The fourth-order valence-electron chi connectivity index (χ4n) is 4.79. The molecule has 2 N–H and O–H groups in total. The number of aliphatic hydroxyl groups is 1. The fourth-order valence-corrected chi connectivity index (χ4v) is 6.68. The van der Waals surface area contributed by atoms with Gasteiger partial charge >= 0.3 is 17.9 Å². The number of nitriles is 1. The van der Waals surface area contributed by atoms with Crippen LogP contribution in [0.1, 0.15) is 76.7 Å². The van der Waals surface area contributed by atoms with Crippen molar-refractivity contribution in [1.29, 1.82) is 5.26 Å². The first-order chi connectivity index (χ1) is 21.5. The molecule has 248 valence electrons. The number of aliphatic hydroxyl groups excluding tert-OH is 1. The first-order valence-corrected chi connectivity index (χ1v) is 16.1. The Morgan fingerprint density at radius 2 is 1.57 bits per heavy atom. The van der Waals surface area contributed by atoms with Crippen molar-refractivity contribution in [3.05, 3.63) is 65.7 Å². The number of hydrogen-bond donors (Lipinski definition) is 2. The van der Waals surface area contributed by atoms with E-state index in [4.69, 9.17) is 26.4 Å². The van der Waals surface area contributed by atoms with Gasteiger partial charge in [0.15, 0.2) is 0 Å². The molecule has 0 radical (unpaired) electrons. The lowest BCUT2D eigenvalue weighted by Gasteiger charge is -2.39. The number of hydrogen-bond acceptors (Lipinski definition) is 11. The summed E-state index contributed by atoms with van der Waals surface area (Å²) in [5.41, 5.74) is -1.24. The zero-order chi connectivity index (χ0) is 34.5. The minimum atomic E-state index is -1.40. The van der Waals surface area contributed by atoms with Gasteiger partial charge in [-0.2, -0.15) is 5.26 Å². The molecular weight excluding hydrogens is 629 g/mol. The number of rotatable bonds is 16. The van der Waals surface area contributed by atoms with Gasteiger partial charge in [-0.15, -0.1) is 0 Å². The molecule has 46 heavy (non-hydrogen) atoms. The SMILES string of the molecule is CCC(=O)Oc1ccc(C(=O)OCCOC(=O)C(C)(CC(C)(CC(C)(C)C#N)C(=O)NCC(C)O)SC(=S)c2ccccc2)cc1. The van der Waals surface area contributed by atoms with E-state index in [0.717, 1.165) is 11.8 Å². The monoisotopic (exact) mass is 670 g/mol. The summed E-state index contributed by atoms with van der Waals surface area (Å²) < 4.78 is 15.0. The lowest BCUT2D eigenvalue weighted by atomic mass is 9.69. The van der Waals surface area contributed by atoms with Crippen LogP contribution in [-0.2, 0) is 23.9 Å². The van der Waals surface area contributed by atoms with Crippen molar-refractivity contribution >= 4 is 52.0 Å². The van der Waals surface area contributed by atoms with Gasteiger partial charge in [0, 0.05) is 18.4 Å². The number of esters is 3. The van der Waals surface area contributed by atoms with Crippen LogP contribution < -0.4 is 10.1 Å². The van der Waals surface area contributed by atoms with Crippen molar-refractivity contribution in [3.8, 4) is 11.8 Å². The summed E-state index contributed by atoms with van der Waals surface area (Å²) in [5.74, 6) is -1.87. The van der Waals surface area contributed by atoms with Crippen LogP contribution in [0.25, 0.3) is 0 Å². The van der Waals surface area contributed by atoms with E-state index in [1.165, 1.54) is 24.3 Å². The number of amides is 1. The Morgan fingerprint density at radius 1 is 0.957 bits per heavy atom. The van der Waals surface area contributed by atoms with E-state index < -0.39 is 45.5 Å². The van der Waals surface area contributed by atoms with E-state index in [2.05, 4.69) is 11.4 Å². The Bertz CT molecular complexity index is 1420. The third-order valence-electron chi connectivity index (χ3n) is 6.89. The third kappa shape index (κ3) is 11.9. The molecule has 2 rings (SSSR count). The Morgan fingerprint density at radius 3 is 2.13 bits per heavy atom. The van der Waals surface area contributed by atoms with Gasteiger partial charge in [-0.25, -0.2) is 4.79 Å². The quantitative estimate of drug-likeness (QED) is 0.102. The van der Waals surface area contributed by atoms with Crippen LogP contribution >= 0.6 is 24.0 Å². The van der Waals surface area contributed by atoms with E-state index in [1.807, 2.05) is 30.3 Å². The minimum Gasteiger partial charge on any atom is -0.461 e. The van der Waals surface area contributed by atoms with Gasteiger partial charge in [-0.1, -0.05) is 68.2 Å². The van der Waals surface area contributed by atoms with Crippen LogP contribution in [0.15, 0.2) is 54.6 Å². The van der Waals surface area contributed by atoms with Crippen molar-refractivity contribution in [1.82, 2.24) is 5.32 Å². The van der Waals surface area contributed by atoms with E-state index >= 15 is 0 Å². The van der Waals surface area contributed by atoms with Gasteiger partial charge in [0.05, 0.1) is 27.3 Å². The summed E-state index contributed by atoms with van der Waals surface area (Å²) in [6, 6.07) is 17.2. The standard InChI is InChI=1S/C34H42N2O8S2/c1-7-27(38)44-26-15-13-24(14-16-26)28(39)42-17-18-43-31(41)34(6,46-29(45)25-11-9-8-10-12-25)21-33(5,20-32(3,4)22-35)30(40)36-19-23(2)37/h8-16,23,37H,7,17-21H2,1-6H3,(H,36,40). The van der Waals surface area contributed by atoms with E-state index in [9.17, 15) is 29.5 Å². The summed E-state index contributed by atoms with van der Waals surface area (Å²) in [7, 11) is 0. The maximum absolute atomic E-state index is 13.8. The van der Waals surface area contributed by atoms with Gasteiger partial charge in [-0.3, -0.25) is 14.4 Å². The van der Waals surface area contributed by atoms with E-state index in [0.29, 0.717) is 15.5 Å². The Hall–Kier alpha value is -3.79. The molecule has 0 heterocycles. The van der Waals surface area contributed by atoms with E-state index in [1.54, 1.807) is 41.5 Å². The molecule has 0 aliphatic carbocycles. The molecular formula is C34H42N2O8S2. The van der Waals surface area contributed by atoms with Crippen LogP contribution in [0.3, 0.4) is 0 Å². The molecule has 1 amide bonds. The number of benzene rings is 2. The smallest absolute Gasteiger partial charge is 0.338 e. The lowest BCUT2D eigenvalue weighted by Crippen LogP contribution is -2.49. The van der Waals surface area contributed by atoms with Crippen molar-refractivity contribution in [2.45, 2.75) is 71.7 Å². The van der Waals surface area contributed by atoms with Crippen molar-refractivity contribution in [2.75, 3.05) is 19.8 Å². The number of nitrogens with one attached hydrogen (secondary N) is 1. The molecule has 10 nitrogen and oxygen atoms in total. The average Bonchev–Trinajstić information content (AvgIpc) is 3.01. The van der Waals surface area contributed by atoms with Gasteiger partial charge in [0.2, 0.25) is 5.91 Å². The molecule has 0 saturated heterocycles. The van der Waals surface area contributed by atoms with Gasteiger partial charge in [0.25, 0.3) is 0 Å². The number of thiocarbonyl (C=S) groups is 1. The molecule has 0 aromatic heterocycles. The Labute approximate surface area is 280 Å². The number of ether oxygens (including phenoxy) is 3. The summed E-state index contributed by atoms with van der Waals surface area (Å²) in [6.07, 6.45) is -0.529. The number of carbonyl (C=O) groups is 4. The van der Waals surface area contributed by atoms with Gasteiger partial charge in [0.1, 0.15) is 23.7 Å². The van der Waals surface area contributed by atoms with Crippen molar-refractivity contribution in [2.24, 2.45) is 10.8 Å². The zero-order valence-electron chi connectivity index (χ0n) is 27.1. The van der Waals surface area contributed by atoms with Crippen LogP contribution in [0.2, 0.25) is 0 Å². The van der Waals surface area contributed by atoms with Crippen LogP contribution in [-0.4, -0.2) is 63.7 Å². The molecule has 12 heteroatoms. The first-order valence-electron chi connectivity index (χ1n) is 14.9. The molecule has 0 aliphatic rings. The molecule has 0 aliphatic heterocycles. The highest BCUT2D eigenvalue weighted by atomic mass is 32.2. The fraction of sp³-hybridized carbons (Fsp3) is 0.471. The average molecular weight is 671 g/mol. The van der Waals surface area contributed by atoms with Crippen LogP contribution in [0, 0.1) is 22.2 Å². The zero-order valence-corrected chi connectivity index (χ0v) is 28.7. The first kappa shape index (κ1) is 38.4. The molecule has 2 aromatic rings. The predicted octanol–water partition coefficient (Wildman–Crippen LogP) is 5.40. The maximum Gasteiger partial charge on any atom is 0.338 e. The highest BCUT2D eigenvalue weighted by molar-refractivity contribution is 8.25. The number of carbonyl (C=O) groups excluding carboxylic acids is 4. The molecule has 3 atom stereocenters. The maximum atomic E-state index is 13.8. The summed E-state index contributed by atoms with van der Waals surface area (Å²) in [4.78, 5) is 51.3. The summed E-state index contributed by atoms with van der Waals surface area (Å²) in [5, 5.41) is 22.3. The second kappa shape index (κ2) is 17.2. The molecule has 0 bridgehead atoms. The van der Waals surface area contributed by atoms with Crippen LogP contribution in [0.5, 0.6) is 5.75 Å². The second-order valence-corrected chi connectivity index (χ2v) is 14.3. The van der Waals surface area contributed by atoms with Crippen LogP contribution in [0.4, 0.5) is 0 Å². The molecule has 0 spiro atoms.